The predicted molar refractivity (Wildman–Crippen MR) is 122 cm³/mol. The average molecular weight is 363 g/mol. The molecular formula is C28H26. The van der Waals surface area contributed by atoms with Crippen molar-refractivity contribution in [3.8, 4) is 33.4 Å². The summed E-state index contributed by atoms with van der Waals surface area (Å²) in [6.45, 7) is 6.72. The highest BCUT2D eigenvalue weighted by Crippen LogP contribution is 2.40. The molecule has 0 aliphatic rings. The van der Waals surface area contributed by atoms with Gasteiger partial charge in [-0.05, 0) is 57.3 Å². The van der Waals surface area contributed by atoms with Gasteiger partial charge in [-0.15, -0.1) is 0 Å². The lowest BCUT2D eigenvalue weighted by atomic mass is 9.85. The first-order chi connectivity index (χ1) is 13.7. The molecule has 0 radical (unpaired) electrons. The van der Waals surface area contributed by atoms with Gasteiger partial charge in [-0.3, -0.25) is 0 Å². The maximum Gasteiger partial charge on any atom is -0.00991 e. The van der Waals surface area contributed by atoms with Gasteiger partial charge in [-0.1, -0.05) is 111 Å². The average Bonchev–Trinajstić information content (AvgIpc) is 2.74. The molecule has 0 aliphatic carbocycles. The first kappa shape index (κ1) is 18.3. The second kappa shape index (κ2) is 7.86. The van der Waals surface area contributed by atoms with E-state index in [1.165, 1.54) is 44.5 Å². The fraction of sp³-hybridized carbons (Fsp3) is 0.143. The fourth-order valence-electron chi connectivity index (χ4n) is 4.03. The van der Waals surface area contributed by atoms with Gasteiger partial charge < -0.3 is 0 Å². The molecule has 0 fully saturated rings. The van der Waals surface area contributed by atoms with E-state index in [4.69, 9.17) is 0 Å². The van der Waals surface area contributed by atoms with Gasteiger partial charge in [-0.2, -0.15) is 0 Å². The van der Waals surface area contributed by atoms with Crippen molar-refractivity contribution in [2.75, 3.05) is 0 Å². The van der Waals surface area contributed by atoms with Crippen LogP contribution in [0.15, 0.2) is 97.1 Å². The van der Waals surface area contributed by atoms with Crippen molar-refractivity contribution in [2.45, 2.75) is 26.7 Å². The van der Waals surface area contributed by atoms with Crippen LogP contribution in [-0.2, 0) is 0 Å². The van der Waals surface area contributed by atoms with Crippen molar-refractivity contribution in [3.63, 3.8) is 0 Å². The summed E-state index contributed by atoms with van der Waals surface area (Å²) in [7, 11) is 0. The molecule has 0 aliphatic heterocycles. The maximum absolute atomic E-state index is 2.27. The SMILES string of the molecule is Cc1ccccc1-c1ccccc1-c1ccccc1-c1ccccc1C(C)C. The van der Waals surface area contributed by atoms with Crippen molar-refractivity contribution >= 4 is 0 Å². The van der Waals surface area contributed by atoms with E-state index < -0.39 is 0 Å². The molecule has 4 aromatic carbocycles. The van der Waals surface area contributed by atoms with Crippen LogP contribution < -0.4 is 0 Å². The fourth-order valence-corrected chi connectivity index (χ4v) is 4.03. The molecule has 0 N–H and O–H groups in total. The zero-order chi connectivity index (χ0) is 19.5. The highest BCUT2D eigenvalue weighted by Gasteiger charge is 2.15. The van der Waals surface area contributed by atoms with Gasteiger partial charge in [0.25, 0.3) is 0 Å². The number of hydrogen-bond donors (Lipinski definition) is 0. The Morgan fingerprint density at radius 3 is 1.29 bits per heavy atom. The Hall–Kier alpha value is -3.12. The van der Waals surface area contributed by atoms with E-state index in [2.05, 4.69) is 118 Å². The van der Waals surface area contributed by atoms with Crippen LogP contribution in [0.2, 0.25) is 0 Å². The minimum absolute atomic E-state index is 0.482. The minimum atomic E-state index is 0.482. The van der Waals surface area contributed by atoms with Gasteiger partial charge in [-0.25, -0.2) is 0 Å². The lowest BCUT2D eigenvalue weighted by Crippen LogP contribution is -1.95. The second-order valence-electron chi connectivity index (χ2n) is 7.65. The second-order valence-corrected chi connectivity index (χ2v) is 7.65. The Morgan fingerprint density at radius 2 is 0.786 bits per heavy atom. The molecular weight excluding hydrogens is 336 g/mol. The molecule has 138 valence electrons. The molecule has 0 heteroatoms. The van der Waals surface area contributed by atoms with Crippen LogP contribution in [0.25, 0.3) is 33.4 Å². The largest absolute Gasteiger partial charge is 0.0620 e. The first-order valence-corrected chi connectivity index (χ1v) is 10.0. The first-order valence-electron chi connectivity index (χ1n) is 10.0. The predicted octanol–water partition coefficient (Wildman–Crippen LogP) is 8.12. The molecule has 0 atom stereocenters. The normalized spacial score (nSPS) is 11.0. The zero-order valence-corrected chi connectivity index (χ0v) is 16.8. The summed E-state index contributed by atoms with van der Waals surface area (Å²) in [5.41, 5.74) is 10.5. The number of benzene rings is 4. The highest BCUT2D eigenvalue weighted by molar-refractivity contribution is 5.92. The number of rotatable bonds is 4. The maximum atomic E-state index is 2.27. The molecule has 0 nitrogen and oxygen atoms in total. The van der Waals surface area contributed by atoms with Gasteiger partial charge >= 0.3 is 0 Å². The molecule has 4 aromatic rings. The lowest BCUT2D eigenvalue weighted by molar-refractivity contribution is 0.869. The summed E-state index contributed by atoms with van der Waals surface area (Å²) in [5.74, 6) is 0.482. The molecule has 4 rings (SSSR count). The van der Waals surface area contributed by atoms with Crippen LogP contribution in [-0.4, -0.2) is 0 Å². The molecule has 28 heavy (non-hydrogen) atoms. The van der Waals surface area contributed by atoms with Crippen LogP contribution in [0.1, 0.15) is 30.9 Å². The molecule has 0 heterocycles. The highest BCUT2D eigenvalue weighted by atomic mass is 14.2. The van der Waals surface area contributed by atoms with Crippen molar-refractivity contribution < 1.29 is 0 Å². The Kier molecular flexibility index (Phi) is 5.12. The third-order valence-corrected chi connectivity index (χ3v) is 5.45. The minimum Gasteiger partial charge on any atom is -0.0620 e. The molecule has 0 bridgehead atoms. The van der Waals surface area contributed by atoms with Gasteiger partial charge in [0.1, 0.15) is 0 Å². The van der Waals surface area contributed by atoms with E-state index >= 15 is 0 Å². The monoisotopic (exact) mass is 362 g/mol. The topological polar surface area (TPSA) is 0 Å². The summed E-state index contributed by atoms with van der Waals surface area (Å²) in [5, 5.41) is 0. The van der Waals surface area contributed by atoms with Crippen LogP contribution >= 0.6 is 0 Å². The van der Waals surface area contributed by atoms with E-state index in [1.54, 1.807) is 0 Å². The Labute approximate surface area is 168 Å². The summed E-state index contributed by atoms with van der Waals surface area (Å²) in [6.07, 6.45) is 0. The lowest BCUT2D eigenvalue weighted by Gasteiger charge is -2.18. The van der Waals surface area contributed by atoms with E-state index in [-0.39, 0.29) is 0 Å². The summed E-state index contributed by atoms with van der Waals surface area (Å²) in [4.78, 5) is 0. The van der Waals surface area contributed by atoms with Crippen molar-refractivity contribution in [3.05, 3.63) is 108 Å². The van der Waals surface area contributed by atoms with E-state index in [0.29, 0.717) is 5.92 Å². The summed E-state index contributed by atoms with van der Waals surface area (Å²) < 4.78 is 0. The Morgan fingerprint density at radius 1 is 0.429 bits per heavy atom. The van der Waals surface area contributed by atoms with E-state index in [1.807, 2.05) is 0 Å². The Balaban J connectivity index is 1.97. The quantitative estimate of drug-likeness (QED) is 0.344. The van der Waals surface area contributed by atoms with E-state index in [9.17, 15) is 0 Å². The van der Waals surface area contributed by atoms with E-state index in [0.717, 1.165) is 0 Å². The molecule has 0 aromatic heterocycles. The van der Waals surface area contributed by atoms with Crippen molar-refractivity contribution in [1.29, 1.82) is 0 Å². The number of aryl methyl sites for hydroxylation is 1. The van der Waals surface area contributed by atoms with Crippen molar-refractivity contribution in [1.82, 2.24) is 0 Å². The van der Waals surface area contributed by atoms with Crippen LogP contribution in [0.5, 0.6) is 0 Å². The van der Waals surface area contributed by atoms with Gasteiger partial charge in [0.2, 0.25) is 0 Å². The zero-order valence-electron chi connectivity index (χ0n) is 16.8. The molecule has 0 spiro atoms. The van der Waals surface area contributed by atoms with Gasteiger partial charge in [0.15, 0.2) is 0 Å². The molecule has 0 saturated heterocycles. The third kappa shape index (κ3) is 3.39. The third-order valence-electron chi connectivity index (χ3n) is 5.45. The van der Waals surface area contributed by atoms with Gasteiger partial charge in [0, 0.05) is 0 Å². The van der Waals surface area contributed by atoms with Crippen LogP contribution in [0.4, 0.5) is 0 Å². The number of hydrogen-bond acceptors (Lipinski definition) is 0. The standard InChI is InChI=1S/C28H26/c1-20(2)22-13-6-7-15-24(22)26-17-10-11-19-28(26)27-18-9-8-16-25(27)23-14-5-4-12-21(23)3/h4-20H,1-3H3. The van der Waals surface area contributed by atoms with Gasteiger partial charge in [0.05, 0.1) is 0 Å². The van der Waals surface area contributed by atoms with Crippen LogP contribution in [0.3, 0.4) is 0 Å². The summed E-state index contributed by atoms with van der Waals surface area (Å²) in [6, 6.07) is 35.0. The molecule has 0 unspecified atom stereocenters. The van der Waals surface area contributed by atoms with Crippen LogP contribution in [0, 0.1) is 6.92 Å². The summed E-state index contributed by atoms with van der Waals surface area (Å²) >= 11 is 0. The smallest absolute Gasteiger partial charge is 0.00991 e. The Bertz CT molecular complexity index is 1100. The molecule has 0 amide bonds. The van der Waals surface area contributed by atoms with Crippen molar-refractivity contribution in [2.24, 2.45) is 0 Å². The molecule has 0 saturated carbocycles.